The van der Waals surface area contributed by atoms with Gasteiger partial charge in [-0.05, 0) is 17.7 Å². The van der Waals surface area contributed by atoms with Crippen LogP contribution in [0.4, 0.5) is 4.39 Å². The highest BCUT2D eigenvalue weighted by Gasteiger charge is 2.19. The zero-order chi connectivity index (χ0) is 16.2. The Morgan fingerprint density at radius 3 is 2.65 bits per heavy atom. The maximum absolute atomic E-state index is 13.6. The van der Waals surface area contributed by atoms with Gasteiger partial charge in [0.1, 0.15) is 11.9 Å². The minimum Gasteiger partial charge on any atom is -0.480 e. The SMILES string of the molecule is O=C(O)[C@H](Cc1c[nH]c2ccccc12)NCc1ccccc1F. The summed E-state index contributed by atoms with van der Waals surface area (Å²) in [5.74, 6) is -1.29. The highest BCUT2D eigenvalue weighted by Crippen LogP contribution is 2.19. The fourth-order valence-electron chi connectivity index (χ4n) is 2.64. The van der Waals surface area contributed by atoms with E-state index in [1.54, 1.807) is 18.2 Å². The lowest BCUT2D eigenvalue weighted by atomic mass is 10.0. The molecule has 0 aliphatic carbocycles. The molecule has 0 radical (unpaired) electrons. The molecule has 4 nitrogen and oxygen atoms in total. The van der Waals surface area contributed by atoms with Crippen LogP contribution in [0, 0.1) is 5.82 Å². The molecule has 1 aromatic heterocycles. The summed E-state index contributed by atoms with van der Waals surface area (Å²) in [4.78, 5) is 14.6. The van der Waals surface area contributed by atoms with Crippen LogP contribution < -0.4 is 5.32 Å². The first-order chi connectivity index (χ1) is 11.1. The van der Waals surface area contributed by atoms with Crippen molar-refractivity contribution in [3.63, 3.8) is 0 Å². The molecule has 0 aliphatic rings. The van der Waals surface area contributed by atoms with E-state index in [-0.39, 0.29) is 12.4 Å². The van der Waals surface area contributed by atoms with E-state index in [1.807, 2.05) is 30.5 Å². The highest BCUT2D eigenvalue weighted by atomic mass is 19.1. The molecule has 0 bridgehead atoms. The van der Waals surface area contributed by atoms with Crippen molar-refractivity contribution in [2.45, 2.75) is 19.0 Å². The second kappa shape index (κ2) is 6.62. The van der Waals surface area contributed by atoms with Gasteiger partial charge < -0.3 is 10.1 Å². The highest BCUT2D eigenvalue weighted by molar-refractivity contribution is 5.84. The summed E-state index contributed by atoms with van der Waals surface area (Å²) in [5.41, 5.74) is 2.35. The van der Waals surface area contributed by atoms with Crippen LogP contribution in [0.1, 0.15) is 11.1 Å². The molecule has 23 heavy (non-hydrogen) atoms. The Kier molecular flexibility index (Phi) is 4.39. The number of aromatic amines is 1. The van der Waals surface area contributed by atoms with Crippen LogP contribution in [0.15, 0.2) is 54.7 Å². The molecule has 0 fully saturated rings. The van der Waals surface area contributed by atoms with Crippen LogP contribution >= 0.6 is 0 Å². The third-order valence-corrected chi connectivity index (χ3v) is 3.89. The Morgan fingerprint density at radius 2 is 1.87 bits per heavy atom. The number of H-pyrrole nitrogens is 1. The molecule has 0 saturated heterocycles. The van der Waals surface area contributed by atoms with Gasteiger partial charge in [0.05, 0.1) is 0 Å². The quantitative estimate of drug-likeness (QED) is 0.655. The number of halogens is 1. The standard InChI is InChI=1S/C18H17FN2O2/c19-15-7-3-1-5-12(15)10-21-17(18(22)23)9-13-11-20-16-8-4-2-6-14(13)16/h1-8,11,17,20-21H,9-10H2,(H,22,23)/t17-/m0/s1. The average Bonchev–Trinajstić information content (AvgIpc) is 2.95. The van der Waals surface area contributed by atoms with Crippen LogP contribution in [0.25, 0.3) is 10.9 Å². The molecule has 1 atom stereocenters. The summed E-state index contributed by atoms with van der Waals surface area (Å²) in [6.07, 6.45) is 2.15. The number of carboxylic acid groups (broad SMARTS) is 1. The van der Waals surface area contributed by atoms with E-state index in [0.29, 0.717) is 12.0 Å². The van der Waals surface area contributed by atoms with Crippen molar-refractivity contribution < 1.29 is 14.3 Å². The molecule has 2 aromatic carbocycles. The smallest absolute Gasteiger partial charge is 0.321 e. The first-order valence-corrected chi connectivity index (χ1v) is 7.40. The first kappa shape index (κ1) is 15.2. The topological polar surface area (TPSA) is 65.1 Å². The second-order valence-corrected chi connectivity index (χ2v) is 5.43. The van der Waals surface area contributed by atoms with Crippen molar-refractivity contribution in [3.8, 4) is 0 Å². The van der Waals surface area contributed by atoms with Crippen LogP contribution in [0.2, 0.25) is 0 Å². The third kappa shape index (κ3) is 3.40. The van der Waals surface area contributed by atoms with Gasteiger partial charge in [-0.2, -0.15) is 0 Å². The molecule has 0 spiro atoms. The maximum Gasteiger partial charge on any atom is 0.321 e. The number of carbonyl (C=O) groups is 1. The maximum atomic E-state index is 13.6. The molecule has 118 valence electrons. The number of nitrogens with one attached hydrogen (secondary N) is 2. The monoisotopic (exact) mass is 312 g/mol. The Balaban J connectivity index is 1.75. The number of aromatic nitrogens is 1. The van der Waals surface area contributed by atoms with Crippen LogP contribution in [-0.2, 0) is 17.8 Å². The lowest BCUT2D eigenvalue weighted by Crippen LogP contribution is -2.38. The van der Waals surface area contributed by atoms with E-state index >= 15 is 0 Å². The van der Waals surface area contributed by atoms with Crippen molar-refractivity contribution in [1.29, 1.82) is 0 Å². The summed E-state index contributed by atoms with van der Waals surface area (Å²) in [6.45, 7) is 0.173. The van der Waals surface area contributed by atoms with Gasteiger partial charge >= 0.3 is 5.97 Å². The zero-order valence-electron chi connectivity index (χ0n) is 12.4. The average molecular weight is 312 g/mol. The first-order valence-electron chi connectivity index (χ1n) is 7.40. The lowest BCUT2D eigenvalue weighted by Gasteiger charge is -2.14. The molecule has 3 N–H and O–H groups in total. The van der Waals surface area contributed by atoms with E-state index in [9.17, 15) is 14.3 Å². The largest absolute Gasteiger partial charge is 0.480 e. The minimum atomic E-state index is -0.952. The Morgan fingerprint density at radius 1 is 1.13 bits per heavy atom. The van der Waals surface area contributed by atoms with E-state index in [0.717, 1.165) is 16.5 Å². The van der Waals surface area contributed by atoms with Gasteiger partial charge in [-0.25, -0.2) is 4.39 Å². The Bertz CT molecular complexity index is 829. The summed E-state index contributed by atoms with van der Waals surface area (Å²) >= 11 is 0. The van der Waals surface area contributed by atoms with Gasteiger partial charge in [0, 0.05) is 35.6 Å². The molecule has 5 heteroatoms. The summed E-state index contributed by atoms with van der Waals surface area (Å²) in [6, 6.07) is 13.3. The molecule has 1 heterocycles. The van der Waals surface area contributed by atoms with Crippen LogP contribution in [0.5, 0.6) is 0 Å². The summed E-state index contributed by atoms with van der Waals surface area (Å²) in [5, 5.41) is 13.4. The van der Waals surface area contributed by atoms with Gasteiger partial charge in [-0.1, -0.05) is 36.4 Å². The molecular formula is C18H17FN2O2. The molecule has 0 aliphatic heterocycles. The molecular weight excluding hydrogens is 295 g/mol. The third-order valence-electron chi connectivity index (χ3n) is 3.89. The molecule has 0 unspecified atom stereocenters. The zero-order valence-corrected chi connectivity index (χ0v) is 12.4. The van der Waals surface area contributed by atoms with E-state index in [4.69, 9.17) is 0 Å². The fourth-order valence-corrected chi connectivity index (χ4v) is 2.64. The Hall–Kier alpha value is -2.66. The summed E-state index contributed by atoms with van der Waals surface area (Å²) < 4.78 is 13.6. The Labute approximate surface area is 133 Å². The van der Waals surface area contributed by atoms with Gasteiger partial charge in [-0.15, -0.1) is 0 Å². The number of hydrogen-bond donors (Lipinski definition) is 3. The number of para-hydroxylation sites is 1. The lowest BCUT2D eigenvalue weighted by molar-refractivity contribution is -0.139. The molecule has 3 rings (SSSR count). The normalized spacial score (nSPS) is 12.4. The van der Waals surface area contributed by atoms with Gasteiger partial charge in [-0.3, -0.25) is 10.1 Å². The van der Waals surface area contributed by atoms with Crippen LogP contribution in [-0.4, -0.2) is 22.1 Å². The fraction of sp³-hybridized carbons (Fsp3) is 0.167. The van der Waals surface area contributed by atoms with Crippen LogP contribution in [0.3, 0.4) is 0 Å². The van der Waals surface area contributed by atoms with Crippen molar-refractivity contribution in [3.05, 3.63) is 71.7 Å². The predicted octanol–water partition coefficient (Wildman–Crippen LogP) is 3.09. The van der Waals surface area contributed by atoms with Crippen molar-refractivity contribution >= 4 is 16.9 Å². The van der Waals surface area contributed by atoms with Crippen molar-refractivity contribution in [1.82, 2.24) is 10.3 Å². The van der Waals surface area contributed by atoms with Gasteiger partial charge in [0.25, 0.3) is 0 Å². The van der Waals surface area contributed by atoms with Crippen molar-refractivity contribution in [2.75, 3.05) is 0 Å². The number of carboxylic acids is 1. The van der Waals surface area contributed by atoms with E-state index in [1.165, 1.54) is 6.07 Å². The molecule has 0 amide bonds. The van der Waals surface area contributed by atoms with Gasteiger partial charge in [0.2, 0.25) is 0 Å². The van der Waals surface area contributed by atoms with Gasteiger partial charge in [0.15, 0.2) is 0 Å². The molecule has 3 aromatic rings. The number of aliphatic carboxylic acids is 1. The van der Waals surface area contributed by atoms with E-state index < -0.39 is 12.0 Å². The second-order valence-electron chi connectivity index (χ2n) is 5.43. The molecule has 0 saturated carbocycles. The number of fused-ring (bicyclic) bond motifs is 1. The number of hydrogen-bond acceptors (Lipinski definition) is 2. The predicted molar refractivity (Wildman–Crippen MR) is 86.7 cm³/mol. The van der Waals surface area contributed by atoms with Crippen molar-refractivity contribution in [2.24, 2.45) is 0 Å². The summed E-state index contributed by atoms with van der Waals surface area (Å²) in [7, 11) is 0. The number of benzene rings is 2. The van der Waals surface area contributed by atoms with E-state index in [2.05, 4.69) is 10.3 Å². The minimum absolute atomic E-state index is 0.173. The number of rotatable bonds is 6.